The molecule has 0 aliphatic carbocycles. The first-order valence-electron chi connectivity index (χ1n) is 5.74. The average Bonchev–Trinajstić information content (AvgIpc) is 2.40. The van der Waals surface area contributed by atoms with Crippen LogP contribution in [0.1, 0.15) is 17.3 Å². The number of carbonyl (C=O) groups is 1. The summed E-state index contributed by atoms with van der Waals surface area (Å²) in [6.07, 6.45) is 1.38. The molecule has 0 amide bonds. The molecule has 1 aromatic carbocycles. The Bertz CT molecular complexity index is 587. The molecule has 6 nitrogen and oxygen atoms in total. The second-order valence-corrected chi connectivity index (χ2v) is 3.69. The van der Waals surface area contributed by atoms with Gasteiger partial charge in [0.2, 0.25) is 5.88 Å². The Balaban J connectivity index is 2.18. The van der Waals surface area contributed by atoms with E-state index in [1.54, 1.807) is 18.2 Å². The molecule has 0 saturated heterocycles. The van der Waals surface area contributed by atoms with Crippen molar-refractivity contribution in [3.8, 4) is 5.88 Å². The minimum atomic E-state index is -0.971. The van der Waals surface area contributed by atoms with E-state index in [9.17, 15) is 4.79 Å². The smallest absolute Gasteiger partial charge is 0.335 e. The normalized spacial score (nSPS) is 9.95. The van der Waals surface area contributed by atoms with Crippen molar-refractivity contribution in [1.29, 1.82) is 0 Å². The van der Waals surface area contributed by atoms with Gasteiger partial charge in [-0.3, -0.25) is 0 Å². The van der Waals surface area contributed by atoms with Crippen LogP contribution in [-0.2, 0) is 0 Å². The van der Waals surface area contributed by atoms with Gasteiger partial charge in [-0.2, -0.15) is 0 Å². The molecule has 2 rings (SSSR count). The van der Waals surface area contributed by atoms with Crippen molar-refractivity contribution < 1.29 is 14.6 Å². The molecule has 98 valence electrons. The Hall–Kier alpha value is -2.63. The highest BCUT2D eigenvalue weighted by Gasteiger charge is 2.04. The summed E-state index contributed by atoms with van der Waals surface area (Å²) in [5, 5.41) is 11.9. The molecule has 0 unspecified atom stereocenters. The first-order chi connectivity index (χ1) is 9.19. The lowest BCUT2D eigenvalue weighted by Crippen LogP contribution is -2.00. The summed E-state index contributed by atoms with van der Waals surface area (Å²) in [5.41, 5.74) is 0.852. The van der Waals surface area contributed by atoms with Crippen molar-refractivity contribution >= 4 is 17.5 Å². The van der Waals surface area contributed by atoms with E-state index in [-0.39, 0.29) is 5.56 Å². The predicted molar refractivity (Wildman–Crippen MR) is 69.9 cm³/mol. The Kier molecular flexibility index (Phi) is 3.92. The quantitative estimate of drug-likeness (QED) is 0.857. The van der Waals surface area contributed by atoms with E-state index in [0.29, 0.717) is 24.0 Å². The Labute approximate surface area is 110 Å². The molecule has 1 heterocycles. The van der Waals surface area contributed by atoms with E-state index in [2.05, 4.69) is 15.3 Å². The van der Waals surface area contributed by atoms with Crippen molar-refractivity contribution in [3.05, 3.63) is 42.2 Å². The van der Waals surface area contributed by atoms with Gasteiger partial charge in [-0.05, 0) is 25.1 Å². The lowest BCUT2D eigenvalue weighted by Gasteiger charge is -2.07. The summed E-state index contributed by atoms with van der Waals surface area (Å²) >= 11 is 0. The van der Waals surface area contributed by atoms with Gasteiger partial charge in [0.1, 0.15) is 12.1 Å². The number of hydrogen-bond donors (Lipinski definition) is 2. The van der Waals surface area contributed by atoms with E-state index in [1.165, 1.54) is 18.5 Å². The first-order valence-corrected chi connectivity index (χ1v) is 5.74. The van der Waals surface area contributed by atoms with E-state index < -0.39 is 5.97 Å². The second kappa shape index (κ2) is 5.81. The van der Waals surface area contributed by atoms with Gasteiger partial charge < -0.3 is 15.2 Å². The fourth-order valence-electron chi connectivity index (χ4n) is 1.51. The van der Waals surface area contributed by atoms with Crippen molar-refractivity contribution in [1.82, 2.24) is 9.97 Å². The van der Waals surface area contributed by atoms with Gasteiger partial charge in [0.05, 0.1) is 12.2 Å². The Morgan fingerprint density at radius 3 is 2.95 bits per heavy atom. The Morgan fingerprint density at radius 2 is 2.21 bits per heavy atom. The van der Waals surface area contributed by atoms with E-state index in [1.807, 2.05) is 6.92 Å². The number of carboxylic acid groups (broad SMARTS) is 1. The van der Waals surface area contributed by atoms with Crippen LogP contribution in [0, 0.1) is 0 Å². The van der Waals surface area contributed by atoms with Crippen LogP contribution in [0.4, 0.5) is 11.5 Å². The number of ether oxygens (including phenoxy) is 1. The third kappa shape index (κ3) is 3.41. The van der Waals surface area contributed by atoms with Gasteiger partial charge in [-0.25, -0.2) is 14.8 Å². The zero-order valence-electron chi connectivity index (χ0n) is 10.3. The minimum absolute atomic E-state index is 0.212. The van der Waals surface area contributed by atoms with Crippen LogP contribution in [0.5, 0.6) is 5.88 Å². The number of carboxylic acids is 1. The van der Waals surface area contributed by atoms with Crippen LogP contribution in [0.2, 0.25) is 0 Å². The van der Waals surface area contributed by atoms with Gasteiger partial charge in [0, 0.05) is 11.8 Å². The molecule has 19 heavy (non-hydrogen) atoms. The average molecular weight is 259 g/mol. The SMILES string of the molecule is CCOc1cc(Nc2cccc(C(=O)O)c2)ncn1. The summed E-state index contributed by atoms with van der Waals surface area (Å²) in [6, 6.07) is 8.13. The summed E-state index contributed by atoms with van der Waals surface area (Å²) in [6.45, 7) is 2.39. The van der Waals surface area contributed by atoms with E-state index in [0.717, 1.165) is 0 Å². The molecule has 0 fully saturated rings. The van der Waals surface area contributed by atoms with Crippen molar-refractivity contribution in [3.63, 3.8) is 0 Å². The van der Waals surface area contributed by atoms with Crippen LogP contribution in [0.3, 0.4) is 0 Å². The molecule has 0 radical (unpaired) electrons. The summed E-state index contributed by atoms with van der Waals surface area (Å²) in [4.78, 5) is 18.9. The minimum Gasteiger partial charge on any atom is -0.478 e. The highest BCUT2D eigenvalue weighted by Crippen LogP contribution is 2.18. The monoisotopic (exact) mass is 259 g/mol. The molecule has 0 aliphatic heterocycles. The van der Waals surface area contributed by atoms with Gasteiger partial charge in [0.15, 0.2) is 0 Å². The lowest BCUT2D eigenvalue weighted by atomic mass is 10.2. The molecular formula is C13H13N3O3. The molecule has 0 bridgehead atoms. The van der Waals surface area contributed by atoms with Gasteiger partial charge >= 0.3 is 5.97 Å². The zero-order valence-corrected chi connectivity index (χ0v) is 10.3. The number of nitrogens with zero attached hydrogens (tertiary/aromatic N) is 2. The Morgan fingerprint density at radius 1 is 1.37 bits per heavy atom. The third-order valence-corrected chi connectivity index (χ3v) is 2.32. The number of benzene rings is 1. The second-order valence-electron chi connectivity index (χ2n) is 3.69. The number of aromatic carboxylic acids is 1. The molecule has 2 N–H and O–H groups in total. The van der Waals surface area contributed by atoms with Crippen LogP contribution in [0.25, 0.3) is 0 Å². The standard InChI is InChI=1S/C13H13N3O3/c1-2-19-12-7-11(14-8-15-12)16-10-5-3-4-9(6-10)13(17)18/h3-8H,2H2,1H3,(H,17,18)(H,14,15,16). The lowest BCUT2D eigenvalue weighted by molar-refractivity contribution is 0.0697. The van der Waals surface area contributed by atoms with Crippen LogP contribution in [-0.4, -0.2) is 27.7 Å². The third-order valence-electron chi connectivity index (χ3n) is 2.32. The summed E-state index contributed by atoms with van der Waals surface area (Å²) in [5.74, 6) is 0.0386. The number of hydrogen-bond acceptors (Lipinski definition) is 5. The number of anilines is 2. The highest BCUT2D eigenvalue weighted by molar-refractivity contribution is 5.89. The number of aromatic nitrogens is 2. The molecule has 0 spiro atoms. The van der Waals surface area contributed by atoms with Gasteiger partial charge in [0.25, 0.3) is 0 Å². The van der Waals surface area contributed by atoms with E-state index >= 15 is 0 Å². The molecular weight excluding hydrogens is 246 g/mol. The largest absolute Gasteiger partial charge is 0.478 e. The maximum absolute atomic E-state index is 10.9. The van der Waals surface area contributed by atoms with Crippen LogP contribution in [0.15, 0.2) is 36.7 Å². The summed E-state index contributed by atoms with van der Waals surface area (Å²) in [7, 11) is 0. The highest BCUT2D eigenvalue weighted by atomic mass is 16.5. The van der Waals surface area contributed by atoms with Gasteiger partial charge in [-0.1, -0.05) is 6.07 Å². The molecule has 1 aromatic heterocycles. The van der Waals surface area contributed by atoms with E-state index in [4.69, 9.17) is 9.84 Å². The van der Waals surface area contributed by atoms with Crippen molar-refractivity contribution in [2.75, 3.05) is 11.9 Å². The van der Waals surface area contributed by atoms with Gasteiger partial charge in [-0.15, -0.1) is 0 Å². The fourth-order valence-corrected chi connectivity index (χ4v) is 1.51. The van der Waals surface area contributed by atoms with Crippen LogP contribution >= 0.6 is 0 Å². The fraction of sp³-hybridized carbons (Fsp3) is 0.154. The maximum atomic E-state index is 10.9. The van der Waals surface area contributed by atoms with Crippen molar-refractivity contribution in [2.45, 2.75) is 6.92 Å². The predicted octanol–water partition coefficient (Wildman–Crippen LogP) is 2.32. The number of rotatable bonds is 5. The molecule has 0 saturated carbocycles. The molecule has 0 aliphatic rings. The number of nitrogens with one attached hydrogen (secondary N) is 1. The van der Waals surface area contributed by atoms with Crippen LogP contribution < -0.4 is 10.1 Å². The zero-order chi connectivity index (χ0) is 13.7. The molecule has 6 heteroatoms. The molecule has 2 aromatic rings. The topological polar surface area (TPSA) is 84.3 Å². The summed E-state index contributed by atoms with van der Waals surface area (Å²) < 4.78 is 5.26. The van der Waals surface area contributed by atoms with Crippen molar-refractivity contribution in [2.24, 2.45) is 0 Å². The molecule has 0 atom stereocenters. The maximum Gasteiger partial charge on any atom is 0.335 e. The first kappa shape index (κ1) is 12.8.